The Morgan fingerprint density at radius 2 is 1.39 bits per heavy atom. The lowest BCUT2D eigenvalue weighted by molar-refractivity contribution is 0.487. The largest absolute Gasteiger partial charge is 0.398 e. The van der Waals surface area contributed by atoms with Crippen molar-refractivity contribution < 1.29 is 12.6 Å². The van der Waals surface area contributed by atoms with E-state index in [0.29, 0.717) is 0 Å². The van der Waals surface area contributed by atoms with E-state index in [2.05, 4.69) is 0 Å². The minimum atomic E-state index is -3.97. The first-order chi connectivity index (χ1) is 8.50. The maximum absolute atomic E-state index is 12.0. The van der Waals surface area contributed by atoms with Crippen molar-refractivity contribution in [3.05, 3.63) is 48.5 Å². The van der Waals surface area contributed by atoms with E-state index in [4.69, 9.17) is 15.7 Å². The van der Waals surface area contributed by atoms with Gasteiger partial charge in [0.25, 0.3) is 0 Å². The standard InChI is InChI=1S/C12H12N2O3S/c13-9-5-1-3-7-11(9)17-18(15,16)12-8-4-2-6-10(12)14/h1-8H,13-14H2. The fourth-order valence-electron chi connectivity index (χ4n) is 1.43. The van der Waals surface area contributed by atoms with E-state index in [9.17, 15) is 8.42 Å². The van der Waals surface area contributed by atoms with Gasteiger partial charge in [-0.05, 0) is 24.3 Å². The van der Waals surface area contributed by atoms with Gasteiger partial charge in [-0.1, -0.05) is 24.3 Å². The molecule has 2 aromatic rings. The molecule has 0 saturated heterocycles. The van der Waals surface area contributed by atoms with Crippen LogP contribution in [0.2, 0.25) is 0 Å². The summed E-state index contributed by atoms with van der Waals surface area (Å²) >= 11 is 0. The number of rotatable bonds is 3. The molecule has 2 rings (SSSR count). The van der Waals surface area contributed by atoms with E-state index >= 15 is 0 Å². The number of para-hydroxylation sites is 3. The van der Waals surface area contributed by atoms with E-state index in [0.717, 1.165) is 0 Å². The molecular formula is C12H12N2O3S. The second-order valence-electron chi connectivity index (χ2n) is 3.61. The second kappa shape index (κ2) is 4.58. The molecule has 0 fully saturated rings. The summed E-state index contributed by atoms with van der Waals surface area (Å²) in [6.45, 7) is 0. The highest BCUT2D eigenvalue weighted by Crippen LogP contribution is 2.26. The van der Waals surface area contributed by atoms with Crippen molar-refractivity contribution in [3.63, 3.8) is 0 Å². The first-order valence-electron chi connectivity index (χ1n) is 5.14. The fourth-order valence-corrected chi connectivity index (χ4v) is 2.51. The molecule has 5 nitrogen and oxygen atoms in total. The van der Waals surface area contributed by atoms with Crippen molar-refractivity contribution >= 4 is 21.5 Å². The monoisotopic (exact) mass is 264 g/mol. The third-order valence-corrected chi connectivity index (χ3v) is 3.62. The quantitative estimate of drug-likeness (QED) is 0.648. The van der Waals surface area contributed by atoms with Gasteiger partial charge in [0.15, 0.2) is 5.75 Å². The zero-order chi connectivity index (χ0) is 13.2. The molecule has 0 aliphatic rings. The van der Waals surface area contributed by atoms with Gasteiger partial charge in [0, 0.05) is 0 Å². The summed E-state index contributed by atoms with van der Waals surface area (Å²) in [7, 11) is -3.97. The topological polar surface area (TPSA) is 95.4 Å². The van der Waals surface area contributed by atoms with E-state index in [-0.39, 0.29) is 22.0 Å². The summed E-state index contributed by atoms with van der Waals surface area (Å²) in [4.78, 5) is -0.0757. The number of nitrogen functional groups attached to an aromatic ring is 2. The summed E-state index contributed by atoms with van der Waals surface area (Å²) in [5.74, 6) is 0.0840. The molecule has 0 amide bonds. The number of benzene rings is 2. The molecule has 18 heavy (non-hydrogen) atoms. The molecule has 0 heterocycles. The van der Waals surface area contributed by atoms with Gasteiger partial charge in [-0.3, -0.25) is 0 Å². The number of nitrogens with two attached hydrogens (primary N) is 2. The van der Waals surface area contributed by atoms with Gasteiger partial charge in [0.2, 0.25) is 0 Å². The average molecular weight is 264 g/mol. The van der Waals surface area contributed by atoms with E-state index < -0.39 is 10.1 Å². The predicted octanol–water partition coefficient (Wildman–Crippen LogP) is 1.62. The maximum atomic E-state index is 12.0. The van der Waals surface area contributed by atoms with Crippen molar-refractivity contribution in [2.45, 2.75) is 4.90 Å². The molecule has 2 aromatic carbocycles. The highest BCUT2D eigenvalue weighted by molar-refractivity contribution is 7.87. The zero-order valence-corrected chi connectivity index (χ0v) is 10.2. The van der Waals surface area contributed by atoms with Crippen LogP contribution in [0.5, 0.6) is 5.75 Å². The molecule has 0 bridgehead atoms. The molecule has 0 spiro atoms. The maximum Gasteiger partial charge on any atom is 0.341 e. The van der Waals surface area contributed by atoms with Crippen LogP contribution in [0.1, 0.15) is 0 Å². The van der Waals surface area contributed by atoms with Gasteiger partial charge < -0.3 is 15.7 Å². The van der Waals surface area contributed by atoms with Crippen LogP contribution < -0.4 is 15.7 Å². The first kappa shape index (κ1) is 12.3. The predicted molar refractivity (Wildman–Crippen MR) is 69.5 cm³/mol. The van der Waals surface area contributed by atoms with Gasteiger partial charge in [-0.2, -0.15) is 8.42 Å². The van der Waals surface area contributed by atoms with Crippen molar-refractivity contribution in [2.24, 2.45) is 0 Å². The van der Waals surface area contributed by atoms with Crippen LogP contribution in [0, 0.1) is 0 Å². The Hall–Kier alpha value is -2.21. The van der Waals surface area contributed by atoms with Crippen molar-refractivity contribution in [1.29, 1.82) is 0 Å². The smallest absolute Gasteiger partial charge is 0.341 e. The molecule has 4 N–H and O–H groups in total. The molecule has 0 radical (unpaired) electrons. The summed E-state index contributed by atoms with van der Waals surface area (Å²) in [5.41, 5.74) is 11.6. The summed E-state index contributed by atoms with van der Waals surface area (Å²) < 4.78 is 29.0. The lowest BCUT2D eigenvalue weighted by Crippen LogP contribution is -2.12. The van der Waals surface area contributed by atoms with Gasteiger partial charge in [0.1, 0.15) is 4.90 Å². The molecule has 0 aliphatic carbocycles. The normalized spacial score (nSPS) is 11.1. The molecule has 0 atom stereocenters. The summed E-state index contributed by atoms with van der Waals surface area (Å²) in [5, 5.41) is 0. The molecule has 6 heteroatoms. The van der Waals surface area contributed by atoms with Gasteiger partial charge in [-0.15, -0.1) is 0 Å². The van der Waals surface area contributed by atoms with Crippen molar-refractivity contribution in [3.8, 4) is 5.75 Å². The number of anilines is 2. The minimum Gasteiger partial charge on any atom is -0.398 e. The average Bonchev–Trinajstić information content (AvgIpc) is 2.32. The highest BCUT2D eigenvalue weighted by atomic mass is 32.2. The lowest BCUT2D eigenvalue weighted by atomic mass is 10.3. The van der Waals surface area contributed by atoms with Crippen LogP contribution in [-0.4, -0.2) is 8.42 Å². The van der Waals surface area contributed by atoms with E-state index in [1.807, 2.05) is 0 Å². The third kappa shape index (κ3) is 2.38. The van der Waals surface area contributed by atoms with Crippen LogP contribution in [0.3, 0.4) is 0 Å². The Morgan fingerprint density at radius 3 is 2.00 bits per heavy atom. The third-order valence-electron chi connectivity index (χ3n) is 2.31. The van der Waals surface area contributed by atoms with Crippen molar-refractivity contribution in [1.82, 2.24) is 0 Å². The van der Waals surface area contributed by atoms with Crippen molar-refractivity contribution in [2.75, 3.05) is 11.5 Å². The molecule has 0 aliphatic heterocycles. The zero-order valence-electron chi connectivity index (χ0n) is 9.41. The Bertz CT molecular complexity index is 669. The molecule has 94 valence electrons. The van der Waals surface area contributed by atoms with Crippen LogP contribution in [0.15, 0.2) is 53.4 Å². The lowest BCUT2D eigenvalue weighted by Gasteiger charge is -2.10. The van der Waals surface area contributed by atoms with Gasteiger partial charge in [-0.25, -0.2) is 0 Å². The SMILES string of the molecule is Nc1ccccc1OS(=O)(=O)c1ccccc1N. The summed E-state index contributed by atoms with van der Waals surface area (Å²) in [6.07, 6.45) is 0. The molecule has 0 unspecified atom stereocenters. The van der Waals surface area contributed by atoms with Gasteiger partial charge >= 0.3 is 10.1 Å². The van der Waals surface area contributed by atoms with Crippen LogP contribution in [0.25, 0.3) is 0 Å². The second-order valence-corrected chi connectivity index (χ2v) is 5.13. The number of hydrogen-bond donors (Lipinski definition) is 2. The minimum absolute atomic E-state index is 0.0757. The Morgan fingerprint density at radius 1 is 0.833 bits per heavy atom. The summed E-state index contributed by atoms with van der Waals surface area (Å²) in [6, 6.07) is 12.4. The Balaban J connectivity index is 2.40. The fraction of sp³-hybridized carbons (Fsp3) is 0. The Labute approximate surface area is 105 Å². The molecule has 0 aromatic heterocycles. The van der Waals surface area contributed by atoms with E-state index in [1.165, 1.54) is 18.2 Å². The Kier molecular flexibility index (Phi) is 3.12. The van der Waals surface area contributed by atoms with Gasteiger partial charge in [0.05, 0.1) is 11.4 Å². The number of hydrogen-bond acceptors (Lipinski definition) is 5. The van der Waals surface area contributed by atoms with Crippen LogP contribution >= 0.6 is 0 Å². The first-order valence-corrected chi connectivity index (χ1v) is 6.55. The van der Waals surface area contributed by atoms with Crippen LogP contribution in [0.4, 0.5) is 11.4 Å². The highest BCUT2D eigenvalue weighted by Gasteiger charge is 2.20. The molecule has 0 saturated carbocycles. The van der Waals surface area contributed by atoms with E-state index in [1.54, 1.807) is 30.3 Å². The molecular weight excluding hydrogens is 252 g/mol. The van der Waals surface area contributed by atoms with Crippen LogP contribution in [-0.2, 0) is 10.1 Å².